The topological polar surface area (TPSA) is 114 Å². The molecule has 2 unspecified atom stereocenters. The number of para-hydroxylation sites is 1. The zero-order chi connectivity index (χ0) is 31.8. The minimum atomic E-state index is -3.97. The number of phenols is 1. The molecule has 0 heterocycles. The predicted octanol–water partition coefficient (Wildman–Crippen LogP) is 8.21. The number of carbonyl (C=O) groups is 1. The number of nitrogens with one attached hydrogen (secondary N) is 2. The first-order valence-electron chi connectivity index (χ1n) is 15.9. The summed E-state index contributed by atoms with van der Waals surface area (Å²) in [7, 11) is -3.97. The lowest BCUT2D eigenvalue weighted by Crippen LogP contribution is -2.41. The third-order valence-electron chi connectivity index (χ3n) is 7.38. The van der Waals surface area contributed by atoms with Gasteiger partial charge in [-0.1, -0.05) is 77.3 Å². The van der Waals surface area contributed by atoms with Crippen molar-refractivity contribution in [2.45, 2.75) is 113 Å². The number of ether oxygens (including phenoxy) is 2. The first kappa shape index (κ1) is 34.8. The summed E-state index contributed by atoms with van der Waals surface area (Å²) in [4.78, 5) is 13.4. The van der Waals surface area contributed by atoms with Crippen LogP contribution in [-0.4, -0.2) is 31.6 Å². The second-order valence-electron chi connectivity index (χ2n) is 11.2. The van der Waals surface area contributed by atoms with Crippen molar-refractivity contribution in [3.63, 3.8) is 0 Å². The number of phenolic OH excluding ortho intramolecular Hbond substituents is 1. The predicted molar refractivity (Wildman–Crippen MR) is 175 cm³/mol. The van der Waals surface area contributed by atoms with E-state index in [2.05, 4.69) is 24.7 Å². The number of aromatic hydroxyl groups is 1. The molecule has 0 aliphatic carbocycles. The minimum absolute atomic E-state index is 0.0219. The van der Waals surface area contributed by atoms with Crippen LogP contribution >= 0.6 is 0 Å². The normalized spacial score (nSPS) is 12.7. The summed E-state index contributed by atoms with van der Waals surface area (Å²) in [5.41, 5.74) is 6.36. The minimum Gasteiger partial charge on any atom is -0.508 e. The molecule has 0 aliphatic rings. The Morgan fingerprint density at radius 3 is 2.07 bits per heavy atom. The summed E-state index contributed by atoms with van der Waals surface area (Å²) in [6, 6.07) is 19.0. The van der Waals surface area contributed by atoms with Gasteiger partial charge in [-0.2, -0.15) is 0 Å². The van der Waals surface area contributed by atoms with E-state index < -0.39 is 21.8 Å². The lowest BCUT2D eigenvalue weighted by Gasteiger charge is -2.21. The molecule has 0 spiro atoms. The lowest BCUT2D eigenvalue weighted by atomic mass is 10.1. The van der Waals surface area contributed by atoms with E-state index in [1.165, 1.54) is 56.0 Å². The quantitative estimate of drug-likeness (QED) is 0.0857. The van der Waals surface area contributed by atoms with Crippen molar-refractivity contribution in [2.24, 2.45) is 0 Å². The maximum Gasteiger partial charge on any atom is 0.279 e. The molecule has 0 saturated carbocycles. The number of benzene rings is 3. The fourth-order valence-electron chi connectivity index (χ4n) is 4.91. The van der Waals surface area contributed by atoms with E-state index in [9.17, 15) is 18.3 Å². The smallest absolute Gasteiger partial charge is 0.279 e. The zero-order valence-electron chi connectivity index (χ0n) is 26.3. The van der Waals surface area contributed by atoms with Gasteiger partial charge in [0.2, 0.25) is 9.84 Å². The SMILES string of the molecule is CCCCCCCCCCC(Oc1ccccc1S(=O)(=O)c1ccc(O)cc1)C(=O)NNc1ccc(OC(C)CCC)cc1. The number of anilines is 1. The van der Waals surface area contributed by atoms with E-state index in [1.807, 2.05) is 31.2 Å². The van der Waals surface area contributed by atoms with E-state index in [0.29, 0.717) is 12.1 Å². The molecule has 3 rings (SSSR count). The number of hydrogen-bond acceptors (Lipinski definition) is 7. The molecule has 9 heteroatoms. The second kappa shape index (κ2) is 18.2. The molecular weight excluding hydrogens is 576 g/mol. The molecule has 44 heavy (non-hydrogen) atoms. The molecule has 0 fully saturated rings. The molecule has 8 nitrogen and oxygen atoms in total. The molecule has 1 amide bonds. The summed E-state index contributed by atoms with van der Waals surface area (Å²) in [6.45, 7) is 6.36. The lowest BCUT2D eigenvalue weighted by molar-refractivity contribution is -0.127. The van der Waals surface area contributed by atoms with Crippen molar-refractivity contribution in [1.82, 2.24) is 5.43 Å². The molecule has 3 aromatic rings. The molecule has 0 saturated heterocycles. The van der Waals surface area contributed by atoms with E-state index in [0.717, 1.165) is 44.3 Å². The second-order valence-corrected chi connectivity index (χ2v) is 13.1. The Labute approximate surface area is 263 Å². The number of rotatable bonds is 20. The average Bonchev–Trinajstić information content (AvgIpc) is 3.01. The average molecular weight is 625 g/mol. The number of unbranched alkanes of at least 4 members (excludes halogenated alkanes) is 7. The summed E-state index contributed by atoms with van der Waals surface area (Å²) in [5, 5.41) is 9.63. The van der Waals surface area contributed by atoms with E-state index in [1.54, 1.807) is 18.2 Å². The van der Waals surface area contributed by atoms with Gasteiger partial charge in [0.1, 0.15) is 22.1 Å². The van der Waals surface area contributed by atoms with Crippen LogP contribution in [0.1, 0.15) is 91.4 Å². The molecular formula is C35H48N2O6S. The van der Waals surface area contributed by atoms with Crippen molar-refractivity contribution in [1.29, 1.82) is 0 Å². The largest absolute Gasteiger partial charge is 0.508 e. The fourth-order valence-corrected chi connectivity index (χ4v) is 6.30. The Hall–Kier alpha value is -3.72. The summed E-state index contributed by atoms with van der Waals surface area (Å²) in [6.07, 6.45) is 10.5. The Bertz CT molecular complexity index is 1380. The third kappa shape index (κ3) is 11.1. The monoisotopic (exact) mass is 624 g/mol. The standard InChI is InChI=1S/C35H48N2O6S/c1-4-6-7-8-9-10-11-12-17-33(35(39)37-36-28-19-23-30(24-20-28)42-27(3)15-5-2)43-32-16-13-14-18-34(32)44(40,41)31-25-21-29(38)22-26-31/h13-14,16,18-27,33,36,38H,4-12,15,17H2,1-3H3,(H,37,39). The van der Waals surface area contributed by atoms with Gasteiger partial charge < -0.3 is 14.6 Å². The van der Waals surface area contributed by atoms with Crippen molar-refractivity contribution >= 4 is 21.4 Å². The van der Waals surface area contributed by atoms with Crippen molar-refractivity contribution < 1.29 is 27.8 Å². The fraction of sp³-hybridized carbons (Fsp3) is 0.457. The van der Waals surface area contributed by atoms with Crippen molar-refractivity contribution in [3.8, 4) is 17.2 Å². The van der Waals surface area contributed by atoms with Gasteiger partial charge in [0.25, 0.3) is 5.91 Å². The van der Waals surface area contributed by atoms with Crippen LogP contribution in [0.2, 0.25) is 0 Å². The molecule has 3 N–H and O–H groups in total. The van der Waals surface area contributed by atoms with E-state index in [4.69, 9.17) is 9.47 Å². The van der Waals surface area contributed by atoms with Gasteiger partial charge in [-0.3, -0.25) is 15.6 Å². The van der Waals surface area contributed by atoms with Crippen LogP contribution in [0.3, 0.4) is 0 Å². The van der Waals surface area contributed by atoms with Crippen LogP contribution in [0.15, 0.2) is 82.6 Å². The van der Waals surface area contributed by atoms with Gasteiger partial charge in [-0.25, -0.2) is 8.42 Å². The Balaban J connectivity index is 1.70. The number of hydrogen-bond donors (Lipinski definition) is 3. The Morgan fingerprint density at radius 2 is 1.41 bits per heavy atom. The van der Waals surface area contributed by atoms with E-state index >= 15 is 0 Å². The van der Waals surface area contributed by atoms with Crippen LogP contribution in [0, 0.1) is 0 Å². The number of hydrazine groups is 1. The molecule has 240 valence electrons. The summed E-state index contributed by atoms with van der Waals surface area (Å²) in [5.74, 6) is 0.422. The molecule has 3 aromatic carbocycles. The Morgan fingerprint density at radius 1 is 0.773 bits per heavy atom. The van der Waals surface area contributed by atoms with Gasteiger partial charge >= 0.3 is 0 Å². The highest BCUT2D eigenvalue weighted by Crippen LogP contribution is 2.31. The highest BCUT2D eigenvalue weighted by atomic mass is 32.2. The first-order valence-corrected chi connectivity index (χ1v) is 17.3. The maximum absolute atomic E-state index is 13.5. The molecule has 2 atom stereocenters. The van der Waals surface area contributed by atoms with Gasteiger partial charge in [0.15, 0.2) is 6.10 Å². The Kier molecular flexibility index (Phi) is 14.4. The van der Waals surface area contributed by atoms with Crippen LogP contribution in [0.5, 0.6) is 17.2 Å². The molecule has 0 radical (unpaired) electrons. The van der Waals surface area contributed by atoms with Crippen LogP contribution in [0.25, 0.3) is 0 Å². The number of sulfone groups is 1. The molecule has 0 bridgehead atoms. The van der Waals surface area contributed by atoms with Crippen molar-refractivity contribution in [3.05, 3.63) is 72.8 Å². The summed E-state index contributed by atoms with van der Waals surface area (Å²) >= 11 is 0. The highest BCUT2D eigenvalue weighted by molar-refractivity contribution is 7.91. The summed E-state index contributed by atoms with van der Waals surface area (Å²) < 4.78 is 39.0. The first-order chi connectivity index (χ1) is 21.2. The van der Waals surface area contributed by atoms with Crippen LogP contribution in [-0.2, 0) is 14.6 Å². The van der Waals surface area contributed by atoms with Gasteiger partial charge in [0.05, 0.1) is 16.7 Å². The van der Waals surface area contributed by atoms with E-state index in [-0.39, 0.29) is 27.4 Å². The van der Waals surface area contributed by atoms with Gasteiger partial charge in [0, 0.05) is 0 Å². The third-order valence-corrected chi connectivity index (χ3v) is 9.19. The molecule has 0 aromatic heterocycles. The van der Waals surface area contributed by atoms with Gasteiger partial charge in [-0.15, -0.1) is 0 Å². The zero-order valence-corrected chi connectivity index (χ0v) is 27.1. The maximum atomic E-state index is 13.5. The number of carbonyl (C=O) groups excluding carboxylic acids is 1. The number of amides is 1. The molecule has 0 aliphatic heterocycles. The van der Waals surface area contributed by atoms with Gasteiger partial charge in [-0.05, 0) is 86.8 Å². The highest BCUT2D eigenvalue weighted by Gasteiger charge is 2.26. The van der Waals surface area contributed by atoms with Crippen LogP contribution < -0.4 is 20.3 Å². The van der Waals surface area contributed by atoms with Crippen molar-refractivity contribution in [2.75, 3.05) is 5.43 Å². The van der Waals surface area contributed by atoms with Crippen LogP contribution in [0.4, 0.5) is 5.69 Å².